The van der Waals surface area contributed by atoms with Crippen LogP contribution in [0.3, 0.4) is 0 Å². The minimum absolute atomic E-state index is 0.181. The van der Waals surface area contributed by atoms with E-state index in [0.717, 1.165) is 11.1 Å². The van der Waals surface area contributed by atoms with E-state index in [-0.39, 0.29) is 5.92 Å². The van der Waals surface area contributed by atoms with Crippen molar-refractivity contribution in [2.24, 2.45) is 5.73 Å². The fourth-order valence-corrected chi connectivity index (χ4v) is 2.29. The molecule has 2 aromatic rings. The van der Waals surface area contributed by atoms with Crippen molar-refractivity contribution in [2.45, 2.75) is 18.9 Å². The zero-order valence-electron chi connectivity index (χ0n) is 11.6. The lowest BCUT2D eigenvalue weighted by molar-refractivity contribution is 0.142. The second-order valence-electron chi connectivity index (χ2n) is 4.54. The summed E-state index contributed by atoms with van der Waals surface area (Å²) >= 11 is 0. The Morgan fingerprint density at radius 3 is 2.55 bits per heavy atom. The highest BCUT2D eigenvalue weighted by molar-refractivity contribution is 5.37. The topological polar surface area (TPSA) is 68.4 Å². The third-order valence-corrected chi connectivity index (χ3v) is 3.31. The summed E-state index contributed by atoms with van der Waals surface area (Å²) in [5.74, 6) is 0.523. The van der Waals surface area contributed by atoms with Gasteiger partial charge in [-0.1, -0.05) is 18.2 Å². The number of ether oxygens (including phenoxy) is 1. The molecule has 0 spiro atoms. The van der Waals surface area contributed by atoms with Crippen LogP contribution in [0.15, 0.2) is 48.8 Å². The van der Waals surface area contributed by atoms with E-state index in [1.165, 1.54) is 0 Å². The first-order valence-electron chi connectivity index (χ1n) is 6.77. The van der Waals surface area contributed by atoms with E-state index in [0.29, 0.717) is 18.9 Å². The van der Waals surface area contributed by atoms with E-state index in [9.17, 15) is 5.11 Å². The standard InChI is InChI=1S/C16H20N2O2/c1-2-20-15-6-4-3-5-13(15)16(19)14(11-17)12-7-9-18-10-8-12/h3-10,14,16,19H,2,11,17H2,1H3. The van der Waals surface area contributed by atoms with Gasteiger partial charge in [-0.25, -0.2) is 0 Å². The summed E-state index contributed by atoms with van der Waals surface area (Å²) in [5, 5.41) is 10.7. The van der Waals surface area contributed by atoms with Crippen LogP contribution in [0.25, 0.3) is 0 Å². The normalized spacial score (nSPS) is 13.8. The Morgan fingerprint density at radius 2 is 1.90 bits per heavy atom. The van der Waals surface area contributed by atoms with Crippen molar-refractivity contribution in [3.63, 3.8) is 0 Å². The summed E-state index contributed by atoms with van der Waals surface area (Å²) in [4.78, 5) is 3.99. The van der Waals surface area contributed by atoms with E-state index in [2.05, 4.69) is 4.98 Å². The van der Waals surface area contributed by atoms with Crippen molar-refractivity contribution >= 4 is 0 Å². The fraction of sp³-hybridized carbons (Fsp3) is 0.312. The summed E-state index contributed by atoms with van der Waals surface area (Å²) in [5.41, 5.74) is 7.58. The largest absolute Gasteiger partial charge is 0.493 e. The lowest BCUT2D eigenvalue weighted by atomic mass is 9.89. The summed E-state index contributed by atoms with van der Waals surface area (Å²) in [6.07, 6.45) is 2.71. The molecule has 0 amide bonds. The van der Waals surface area contributed by atoms with Gasteiger partial charge in [0.25, 0.3) is 0 Å². The third kappa shape index (κ3) is 3.15. The average Bonchev–Trinajstić information content (AvgIpc) is 2.50. The molecule has 106 valence electrons. The second kappa shape index (κ2) is 7.03. The van der Waals surface area contributed by atoms with Gasteiger partial charge in [-0.3, -0.25) is 4.98 Å². The van der Waals surface area contributed by atoms with Gasteiger partial charge in [0.2, 0.25) is 0 Å². The number of hydrogen-bond acceptors (Lipinski definition) is 4. The van der Waals surface area contributed by atoms with Crippen LogP contribution in [0.2, 0.25) is 0 Å². The number of hydrogen-bond donors (Lipinski definition) is 2. The Kier molecular flexibility index (Phi) is 5.09. The van der Waals surface area contributed by atoms with Gasteiger partial charge in [-0.2, -0.15) is 0 Å². The van der Waals surface area contributed by atoms with Gasteiger partial charge in [0.15, 0.2) is 0 Å². The lowest BCUT2D eigenvalue weighted by Crippen LogP contribution is -2.20. The van der Waals surface area contributed by atoms with Crippen LogP contribution in [0, 0.1) is 0 Å². The number of rotatable bonds is 6. The third-order valence-electron chi connectivity index (χ3n) is 3.31. The summed E-state index contributed by atoms with van der Waals surface area (Å²) in [7, 11) is 0. The first-order valence-corrected chi connectivity index (χ1v) is 6.77. The molecule has 0 aliphatic heterocycles. The smallest absolute Gasteiger partial charge is 0.125 e. The zero-order valence-corrected chi connectivity index (χ0v) is 11.6. The van der Waals surface area contributed by atoms with Gasteiger partial charge in [-0.05, 0) is 30.7 Å². The number of para-hydroxylation sites is 1. The van der Waals surface area contributed by atoms with Crippen LogP contribution in [0.5, 0.6) is 5.75 Å². The number of aliphatic hydroxyl groups excluding tert-OH is 1. The summed E-state index contributed by atoms with van der Waals surface area (Å²) < 4.78 is 5.58. The first kappa shape index (κ1) is 14.5. The van der Waals surface area contributed by atoms with E-state index in [1.54, 1.807) is 12.4 Å². The lowest BCUT2D eigenvalue weighted by Gasteiger charge is -2.24. The van der Waals surface area contributed by atoms with Crippen molar-refractivity contribution in [1.82, 2.24) is 4.98 Å². The minimum atomic E-state index is -0.704. The maximum absolute atomic E-state index is 10.7. The molecular formula is C16H20N2O2. The Balaban J connectivity index is 2.31. The molecule has 0 bridgehead atoms. The van der Waals surface area contributed by atoms with Crippen LogP contribution in [-0.4, -0.2) is 23.2 Å². The molecule has 2 atom stereocenters. The number of nitrogens with zero attached hydrogens (tertiary/aromatic N) is 1. The van der Waals surface area contributed by atoms with Gasteiger partial charge < -0.3 is 15.6 Å². The molecule has 2 rings (SSSR count). The summed E-state index contributed by atoms with van der Waals surface area (Å²) in [6.45, 7) is 2.84. The molecule has 3 N–H and O–H groups in total. The van der Waals surface area contributed by atoms with E-state index in [1.807, 2.05) is 43.3 Å². The molecule has 20 heavy (non-hydrogen) atoms. The number of pyridine rings is 1. The summed E-state index contributed by atoms with van der Waals surface area (Å²) in [6, 6.07) is 11.3. The quantitative estimate of drug-likeness (QED) is 0.846. The molecule has 1 aromatic heterocycles. The number of benzene rings is 1. The Labute approximate surface area is 119 Å². The molecule has 4 heteroatoms. The molecule has 0 fully saturated rings. The monoisotopic (exact) mass is 272 g/mol. The van der Waals surface area contributed by atoms with Crippen LogP contribution < -0.4 is 10.5 Å². The number of nitrogens with two attached hydrogens (primary N) is 1. The predicted octanol–water partition coefficient (Wildman–Crippen LogP) is 2.26. The first-order chi connectivity index (χ1) is 9.77. The van der Waals surface area contributed by atoms with Crippen LogP contribution >= 0.6 is 0 Å². The second-order valence-corrected chi connectivity index (χ2v) is 4.54. The van der Waals surface area contributed by atoms with Gasteiger partial charge in [0.1, 0.15) is 5.75 Å². The molecule has 0 saturated heterocycles. The molecule has 0 aliphatic carbocycles. The molecule has 2 unspecified atom stereocenters. The van der Waals surface area contributed by atoms with E-state index >= 15 is 0 Å². The maximum atomic E-state index is 10.7. The Hall–Kier alpha value is -1.91. The van der Waals surface area contributed by atoms with Crippen molar-refractivity contribution < 1.29 is 9.84 Å². The van der Waals surface area contributed by atoms with Crippen LogP contribution in [-0.2, 0) is 0 Å². The van der Waals surface area contributed by atoms with Crippen molar-refractivity contribution in [1.29, 1.82) is 0 Å². The van der Waals surface area contributed by atoms with Gasteiger partial charge >= 0.3 is 0 Å². The maximum Gasteiger partial charge on any atom is 0.125 e. The highest BCUT2D eigenvalue weighted by Gasteiger charge is 2.24. The van der Waals surface area contributed by atoms with Crippen molar-refractivity contribution in [3.8, 4) is 5.75 Å². The van der Waals surface area contributed by atoms with Crippen molar-refractivity contribution in [2.75, 3.05) is 13.2 Å². The fourth-order valence-electron chi connectivity index (χ4n) is 2.29. The van der Waals surface area contributed by atoms with Crippen LogP contribution in [0.4, 0.5) is 0 Å². The average molecular weight is 272 g/mol. The van der Waals surface area contributed by atoms with Gasteiger partial charge in [0.05, 0.1) is 12.7 Å². The van der Waals surface area contributed by atoms with E-state index in [4.69, 9.17) is 10.5 Å². The van der Waals surface area contributed by atoms with Gasteiger partial charge in [0, 0.05) is 30.4 Å². The van der Waals surface area contributed by atoms with Gasteiger partial charge in [-0.15, -0.1) is 0 Å². The highest BCUT2D eigenvalue weighted by Crippen LogP contribution is 2.34. The molecule has 0 saturated carbocycles. The molecule has 0 radical (unpaired) electrons. The Bertz CT molecular complexity index is 531. The van der Waals surface area contributed by atoms with Crippen LogP contribution in [0.1, 0.15) is 30.1 Å². The molecular weight excluding hydrogens is 252 g/mol. The zero-order chi connectivity index (χ0) is 14.4. The minimum Gasteiger partial charge on any atom is -0.493 e. The molecule has 1 heterocycles. The number of aromatic nitrogens is 1. The molecule has 1 aromatic carbocycles. The van der Waals surface area contributed by atoms with Crippen molar-refractivity contribution in [3.05, 3.63) is 59.9 Å². The predicted molar refractivity (Wildman–Crippen MR) is 78.6 cm³/mol. The molecule has 0 aliphatic rings. The molecule has 4 nitrogen and oxygen atoms in total. The number of aliphatic hydroxyl groups is 1. The Morgan fingerprint density at radius 1 is 1.20 bits per heavy atom. The SMILES string of the molecule is CCOc1ccccc1C(O)C(CN)c1ccncc1. The van der Waals surface area contributed by atoms with E-state index < -0.39 is 6.10 Å². The highest BCUT2D eigenvalue weighted by atomic mass is 16.5.